The first-order chi connectivity index (χ1) is 10.6. The van der Waals surface area contributed by atoms with Crippen LogP contribution in [-0.2, 0) is 19.1 Å². The van der Waals surface area contributed by atoms with Crippen molar-refractivity contribution in [2.24, 2.45) is 0 Å². The topological polar surface area (TPSA) is 75.7 Å². The highest BCUT2D eigenvalue weighted by atomic mass is 16.5. The van der Waals surface area contributed by atoms with Crippen molar-refractivity contribution in [2.75, 3.05) is 19.7 Å². The Labute approximate surface area is 132 Å². The zero-order valence-corrected chi connectivity index (χ0v) is 13.7. The van der Waals surface area contributed by atoms with E-state index in [9.17, 15) is 14.4 Å². The Hall–Kier alpha value is -1.59. The van der Waals surface area contributed by atoms with Crippen LogP contribution in [0.5, 0.6) is 0 Å². The number of piperazine rings is 1. The average molecular weight is 312 g/mol. The number of ether oxygens (including phenoxy) is 1. The van der Waals surface area contributed by atoms with Gasteiger partial charge in [-0.05, 0) is 13.3 Å². The smallest absolute Gasteiger partial charge is 0.308 e. The molecule has 22 heavy (non-hydrogen) atoms. The molecule has 6 nitrogen and oxygen atoms in total. The van der Waals surface area contributed by atoms with E-state index in [1.165, 1.54) is 17.7 Å². The summed E-state index contributed by atoms with van der Waals surface area (Å²) in [6.07, 6.45) is 5.73. The molecule has 126 valence electrons. The van der Waals surface area contributed by atoms with Crippen LogP contribution >= 0.6 is 0 Å². The summed E-state index contributed by atoms with van der Waals surface area (Å²) in [7, 11) is 0. The Morgan fingerprint density at radius 3 is 2.64 bits per heavy atom. The molecule has 1 N–H and O–H groups in total. The van der Waals surface area contributed by atoms with E-state index < -0.39 is 12.0 Å². The largest absolute Gasteiger partial charge is 0.466 e. The van der Waals surface area contributed by atoms with Crippen molar-refractivity contribution in [3.8, 4) is 0 Å². The maximum Gasteiger partial charge on any atom is 0.308 e. The summed E-state index contributed by atoms with van der Waals surface area (Å²) in [6, 6.07) is -0.726. The van der Waals surface area contributed by atoms with Gasteiger partial charge in [0.25, 0.3) is 0 Å². The van der Waals surface area contributed by atoms with E-state index in [0.717, 1.165) is 19.3 Å². The second kappa shape index (κ2) is 10.2. The van der Waals surface area contributed by atoms with Crippen molar-refractivity contribution in [1.29, 1.82) is 0 Å². The fraction of sp³-hybridized carbons (Fsp3) is 0.812. The summed E-state index contributed by atoms with van der Waals surface area (Å²) >= 11 is 0. The monoisotopic (exact) mass is 312 g/mol. The second-order valence-corrected chi connectivity index (χ2v) is 5.57. The molecule has 6 heteroatoms. The Morgan fingerprint density at radius 1 is 1.23 bits per heavy atom. The first-order valence-corrected chi connectivity index (χ1v) is 8.33. The van der Waals surface area contributed by atoms with Crippen LogP contribution in [0.15, 0.2) is 0 Å². The molecule has 1 saturated heterocycles. The third-order valence-electron chi connectivity index (χ3n) is 3.81. The Balaban J connectivity index is 2.50. The first kappa shape index (κ1) is 18.5. The fourth-order valence-corrected chi connectivity index (χ4v) is 2.62. The summed E-state index contributed by atoms with van der Waals surface area (Å²) in [5.41, 5.74) is 0. The minimum atomic E-state index is -0.726. The number of rotatable bonds is 9. The molecule has 0 aliphatic carbocycles. The van der Waals surface area contributed by atoms with Crippen molar-refractivity contribution in [1.82, 2.24) is 10.2 Å². The maximum absolute atomic E-state index is 12.3. The van der Waals surface area contributed by atoms with Crippen molar-refractivity contribution >= 4 is 17.8 Å². The van der Waals surface area contributed by atoms with Crippen LogP contribution in [-0.4, -0.2) is 48.4 Å². The predicted octanol–water partition coefficient (Wildman–Crippen LogP) is 1.63. The molecule has 0 aromatic rings. The molecular formula is C16H28N2O4. The Morgan fingerprint density at radius 2 is 1.95 bits per heavy atom. The summed E-state index contributed by atoms with van der Waals surface area (Å²) in [6.45, 7) is 5.05. The summed E-state index contributed by atoms with van der Waals surface area (Å²) < 4.78 is 4.89. The fourth-order valence-electron chi connectivity index (χ4n) is 2.62. The van der Waals surface area contributed by atoms with E-state index >= 15 is 0 Å². The number of hydrogen-bond donors (Lipinski definition) is 1. The third-order valence-corrected chi connectivity index (χ3v) is 3.81. The number of amides is 2. The van der Waals surface area contributed by atoms with Crippen LogP contribution < -0.4 is 5.32 Å². The van der Waals surface area contributed by atoms with Gasteiger partial charge in [-0.3, -0.25) is 14.4 Å². The van der Waals surface area contributed by atoms with Crippen LogP contribution in [0.25, 0.3) is 0 Å². The normalized spacial score (nSPS) is 18.0. The Kier molecular flexibility index (Phi) is 8.55. The van der Waals surface area contributed by atoms with Crippen LogP contribution in [0.4, 0.5) is 0 Å². The van der Waals surface area contributed by atoms with Crippen molar-refractivity contribution in [3.63, 3.8) is 0 Å². The lowest BCUT2D eigenvalue weighted by Crippen LogP contribution is -2.57. The van der Waals surface area contributed by atoms with Gasteiger partial charge in [0.2, 0.25) is 11.8 Å². The molecular weight excluding hydrogens is 284 g/mol. The lowest BCUT2D eigenvalue weighted by Gasteiger charge is -2.34. The molecule has 1 rings (SSSR count). The number of unbranched alkanes of at least 4 members (excludes halogenated alkanes) is 4. The standard InChI is InChI=1S/C16H28N2O4/c1-3-5-6-7-8-9-14(19)18-11-10-17-16(21)13(18)12-15(20)22-4-2/h13H,3-12H2,1-2H3,(H,17,21). The molecule has 1 aliphatic heterocycles. The number of nitrogens with zero attached hydrogens (tertiary/aromatic N) is 1. The molecule has 1 fully saturated rings. The zero-order valence-electron chi connectivity index (χ0n) is 13.7. The van der Waals surface area contributed by atoms with Gasteiger partial charge in [-0.15, -0.1) is 0 Å². The average Bonchev–Trinajstić information content (AvgIpc) is 2.49. The summed E-state index contributed by atoms with van der Waals surface area (Å²) in [5, 5.41) is 2.71. The first-order valence-electron chi connectivity index (χ1n) is 8.33. The number of carbonyl (C=O) groups excluding carboxylic acids is 3. The molecule has 1 aliphatic rings. The van der Waals surface area contributed by atoms with Crippen molar-refractivity contribution in [2.45, 2.75) is 64.8 Å². The molecule has 0 radical (unpaired) electrons. The highest BCUT2D eigenvalue weighted by Crippen LogP contribution is 2.14. The molecule has 1 atom stereocenters. The van der Waals surface area contributed by atoms with Gasteiger partial charge >= 0.3 is 5.97 Å². The van der Waals surface area contributed by atoms with Gasteiger partial charge in [0.05, 0.1) is 13.0 Å². The van der Waals surface area contributed by atoms with Crippen molar-refractivity contribution < 1.29 is 19.1 Å². The van der Waals surface area contributed by atoms with Gasteiger partial charge in [0, 0.05) is 19.5 Å². The summed E-state index contributed by atoms with van der Waals surface area (Å²) in [4.78, 5) is 37.4. The lowest BCUT2D eigenvalue weighted by molar-refractivity contribution is -0.151. The minimum absolute atomic E-state index is 0.0411. The Bertz CT molecular complexity index is 384. The number of esters is 1. The zero-order chi connectivity index (χ0) is 16.4. The van der Waals surface area contributed by atoms with E-state index in [0.29, 0.717) is 19.5 Å². The molecule has 1 heterocycles. The van der Waals surface area contributed by atoms with Gasteiger partial charge in [-0.25, -0.2) is 0 Å². The maximum atomic E-state index is 12.3. The summed E-state index contributed by atoms with van der Waals surface area (Å²) in [5.74, 6) is -0.746. The van der Waals surface area contributed by atoms with Crippen LogP contribution in [0, 0.1) is 0 Å². The van der Waals surface area contributed by atoms with E-state index in [1.807, 2.05) is 0 Å². The molecule has 0 bridgehead atoms. The van der Waals surface area contributed by atoms with Crippen LogP contribution in [0.3, 0.4) is 0 Å². The molecule has 0 aromatic carbocycles. The predicted molar refractivity (Wildman–Crippen MR) is 83.1 cm³/mol. The second-order valence-electron chi connectivity index (χ2n) is 5.57. The number of hydrogen-bond acceptors (Lipinski definition) is 4. The van der Waals surface area contributed by atoms with Gasteiger partial charge in [-0.2, -0.15) is 0 Å². The van der Waals surface area contributed by atoms with E-state index in [2.05, 4.69) is 12.2 Å². The van der Waals surface area contributed by atoms with Crippen LogP contribution in [0.2, 0.25) is 0 Å². The van der Waals surface area contributed by atoms with E-state index in [1.54, 1.807) is 6.92 Å². The molecule has 0 spiro atoms. The molecule has 1 unspecified atom stereocenters. The molecule has 0 aromatic heterocycles. The van der Waals surface area contributed by atoms with Gasteiger partial charge < -0.3 is 15.0 Å². The van der Waals surface area contributed by atoms with Crippen molar-refractivity contribution in [3.05, 3.63) is 0 Å². The van der Waals surface area contributed by atoms with Crippen LogP contribution in [0.1, 0.15) is 58.8 Å². The molecule has 0 saturated carbocycles. The SMILES string of the molecule is CCCCCCCC(=O)N1CCNC(=O)C1CC(=O)OCC. The lowest BCUT2D eigenvalue weighted by atomic mass is 10.1. The van der Waals surface area contributed by atoms with E-state index in [-0.39, 0.29) is 24.8 Å². The highest BCUT2D eigenvalue weighted by Gasteiger charge is 2.34. The van der Waals surface area contributed by atoms with E-state index in [4.69, 9.17) is 4.74 Å². The number of nitrogens with one attached hydrogen (secondary N) is 1. The van der Waals surface area contributed by atoms with Gasteiger partial charge in [0.15, 0.2) is 0 Å². The van der Waals surface area contributed by atoms with Gasteiger partial charge in [-0.1, -0.05) is 32.6 Å². The third kappa shape index (κ3) is 6.03. The minimum Gasteiger partial charge on any atom is -0.466 e. The highest BCUT2D eigenvalue weighted by molar-refractivity contribution is 5.91. The quantitative estimate of drug-likeness (QED) is 0.518. The number of carbonyl (C=O) groups is 3. The molecule has 2 amide bonds. The van der Waals surface area contributed by atoms with Gasteiger partial charge in [0.1, 0.15) is 6.04 Å².